The Labute approximate surface area is 142 Å². The normalized spacial score (nSPS) is 21.2. The van der Waals surface area contributed by atoms with E-state index in [1.54, 1.807) is 18.3 Å². The van der Waals surface area contributed by atoms with Crippen molar-refractivity contribution in [2.75, 3.05) is 25.0 Å². The van der Waals surface area contributed by atoms with E-state index in [9.17, 15) is 10.4 Å². The molecule has 0 aliphatic carbocycles. The zero-order valence-electron chi connectivity index (χ0n) is 13.6. The highest BCUT2D eigenvalue weighted by atomic mass is 16.3. The lowest BCUT2D eigenvalue weighted by Gasteiger charge is -2.38. The van der Waals surface area contributed by atoms with Crippen molar-refractivity contribution >= 4 is 5.82 Å². The second-order valence-corrected chi connectivity index (χ2v) is 6.21. The summed E-state index contributed by atoms with van der Waals surface area (Å²) < 4.78 is 0. The van der Waals surface area contributed by atoms with Crippen molar-refractivity contribution in [2.24, 2.45) is 5.92 Å². The first kappa shape index (κ1) is 16.4. The van der Waals surface area contributed by atoms with Crippen LogP contribution in [0.2, 0.25) is 0 Å². The molecule has 1 aliphatic heterocycles. The lowest BCUT2D eigenvalue weighted by Crippen LogP contribution is -2.48. The van der Waals surface area contributed by atoms with Crippen LogP contribution in [-0.2, 0) is 6.54 Å². The molecule has 5 heteroatoms. The van der Waals surface area contributed by atoms with E-state index in [-0.39, 0.29) is 18.6 Å². The number of aliphatic hydroxyl groups is 1. The largest absolute Gasteiger partial charge is 0.396 e. The molecule has 0 amide bonds. The Morgan fingerprint density at radius 2 is 2.08 bits per heavy atom. The number of nitriles is 1. The topological polar surface area (TPSA) is 72.2 Å². The predicted molar refractivity (Wildman–Crippen MR) is 93.3 cm³/mol. The summed E-state index contributed by atoms with van der Waals surface area (Å²) in [5.41, 5.74) is 1.82. The molecule has 2 unspecified atom stereocenters. The summed E-state index contributed by atoms with van der Waals surface area (Å²) in [6.07, 6.45) is 2.61. The Hall–Kier alpha value is -2.42. The molecule has 124 valence electrons. The van der Waals surface area contributed by atoms with Gasteiger partial charge in [0, 0.05) is 37.9 Å². The van der Waals surface area contributed by atoms with Gasteiger partial charge in [-0.2, -0.15) is 5.26 Å². The smallest absolute Gasteiger partial charge is 0.144 e. The average molecular weight is 322 g/mol. The zero-order chi connectivity index (χ0) is 16.8. The molecule has 1 fully saturated rings. The van der Waals surface area contributed by atoms with Crippen molar-refractivity contribution in [1.29, 1.82) is 5.26 Å². The highest BCUT2D eigenvalue weighted by Gasteiger charge is 2.29. The highest BCUT2D eigenvalue weighted by Crippen LogP contribution is 2.23. The molecule has 3 rings (SSSR count). The lowest BCUT2D eigenvalue weighted by molar-refractivity contribution is 0.115. The van der Waals surface area contributed by atoms with Crippen LogP contribution in [0.3, 0.4) is 0 Å². The van der Waals surface area contributed by atoms with Crippen LogP contribution in [-0.4, -0.2) is 40.7 Å². The fourth-order valence-electron chi connectivity index (χ4n) is 3.22. The summed E-state index contributed by atoms with van der Waals surface area (Å²) in [6.45, 7) is 2.82. The minimum Gasteiger partial charge on any atom is -0.396 e. The number of anilines is 1. The van der Waals surface area contributed by atoms with Crippen molar-refractivity contribution < 1.29 is 5.11 Å². The van der Waals surface area contributed by atoms with Crippen molar-refractivity contribution in [2.45, 2.75) is 19.0 Å². The molecule has 0 radical (unpaired) electrons. The van der Waals surface area contributed by atoms with Gasteiger partial charge in [0.25, 0.3) is 0 Å². The number of nitrogens with one attached hydrogen (secondary N) is 1. The monoisotopic (exact) mass is 322 g/mol. The molecule has 1 aromatic heterocycles. The molecule has 1 aromatic carbocycles. The molecule has 2 N–H and O–H groups in total. The summed E-state index contributed by atoms with van der Waals surface area (Å²) in [5.74, 6) is 0.774. The van der Waals surface area contributed by atoms with Crippen LogP contribution in [0.5, 0.6) is 0 Å². The summed E-state index contributed by atoms with van der Waals surface area (Å²) in [5, 5.41) is 22.3. The van der Waals surface area contributed by atoms with Crippen molar-refractivity contribution in [3.8, 4) is 6.07 Å². The van der Waals surface area contributed by atoms with Crippen LogP contribution in [0.1, 0.15) is 17.5 Å². The molecule has 2 heterocycles. The Kier molecular flexibility index (Phi) is 5.42. The molecular formula is C19H22N4O. The number of hydrogen-bond donors (Lipinski definition) is 2. The number of rotatable bonds is 5. The molecule has 0 bridgehead atoms. The fraction of sp³-hybridized carbons (Fsp3) is 0.368. The van der Waals surface area contributed by atoms with Gasteiger partial charge in [0.05, 0.1) is 5.56 Å². The second-order valence-electron chi connectivity index (χ2n) is 6.21. The third-order valence-corrected chi connectivity index (χ3v) is 4.57. The van der Waals surface area contributed by atoms with Gasteiger partial charge >= 0.3 is 0 Å². The van der Waals surface area contributed by atoms with E-state index in [1.807, 2.05) is 6.07 Å². The van der Waals surface area contributed by atoms with Crippen molar-refractivity contribution in [1.82, 2.24) is 9.88 Å². The predicted octanol–water partition coefficient (Wildman–Crippen LogP) is 2.25. The minimum atomic E-state index is 0.0782. The van der Waals surface area contributed by atoms with E-state index in [0.717, 1.165) is 26.1 Å². The Bertz CT molecular complexity index is 698. The van der Waals surface area contributed by atoms with Crippen LogP contribution >= 0.6 is 0 Å². The first-order valence-corrected chi connectivity index (χ1v) is 8.29. The Morgan fingerprint density at radius 1 is 1.25 bits per heavy atom. The molecule has 5 nitrogen and oxygen atoms in total. The summed E-state index contributed by atoms with van der Waals surface area (Å²) in [7, 11) is 0. The second kappa shape index (κ2) is 7.91. The van der Waals surface area contributed by atoms with E-state index >= 15 is 0 Å². The number of hydrogen-bond acceptors (Lipinski definition) is 5. The van der Waals surface area contributed by atoms with Gasteiger partial charge < -0.3 is 10.4 Å². The van der Waals surface area contributed by atoms with Crippen LogP contribution in [0, 0.1) is 17.2 Å². The molecule has 0 spiro atoms. The minimum absolute atomic E-state index is 0.0782. The molecule has 0 saturated carbocycles. The standard InChI is InChI=1S/C19H22N4O/c20-11-16-7-4-9-21-19(16)22-18-13-23(10-8-17(18)14-24)12-15-5-2-1-3-6-15/h1-7,9,17-18,24H,8,10,12-14H2,(H,21,22). The maximum atomic E-state index is 9.70. The average Bonchev–Trinajstić information content (AvgIpc) is 2.63. The quantitative estimate of drug-likeness (QED) is 0.883. The van der Waals surface area contributed by atoms with Gasteiger partial charge in [-0.25, -0.2) is 4.98 Å². The molecule has 1 aliphatic rings. The van der Waals surface area contributed by atoms with E-state index in [4.69, 9.17) is 0 Å². The molecule has 2 aromatic rings. The van der Waals surface area contributed by atoms with Gasteiger partial charge in [0.1, 0.15) is 11.9 Å². The SMILES string of the molecule is N#Cc1cccnc1NC1CN(Cc2ccccc2)CCC1CO. The van der Waals surface area contributed by atoms with Gasteiger partial charge in [0.15, 0.2) is 0 Å². The van der Waals surface area contributed by atoms with Gasteiger partial charge in [0.2, 0.25) is 0 Å². The number of pyridine rings is 1. The molecule has 2 atom stereocenters. The van der Waals surface area contributed by atoms with Crippen LogP contribution in [0.4, 0.5) is 5.82 Å². The van der Waals surface area contributed by atoms with Gasteiger partial charge in [-0.1, -0.05) is 30.3 Å². The molecule has 1 saturated heterocycles. The summed E-state index contributed by atoms with van der Waals surface area (Å²) in [6, 6.07) is 16.2. The number of nitrogens with zero attached hydrogens (tertiary/aromatic N) is 3. The first-order valence-electron chi connectivity index (χ1n) is 8.29. The van der Waals surface area contributed by atoms with Gasteiger partial charge in [-0.15, -0.1) is 0 Å². The Morgan fingerprint density at radius 3 is 2.83 bits per heavy atom. The van der Waals surface area contributed by atoms with Gasteiger partial charge in [-0.3, -0.25) is 4.90 Å². The Balaban J connectivity index is 1.71. The van der Waals surface area contributed by atoms with E-state index in [2.05, 4.69) is 45.5 Å². The van der Waals surface area contributed by atoms with E-state index in [0.29, 0.717) is 11.4 Å². The summed E-state index contributed by atoms with van der Waals surface area (Å²) in [4.78, 5) is 6.67. The van der Waals surface area contributed by atoms with Crippen molar-refractivity contribution in [3.05, 3.63) is 59.8 Å². The molecule has 24 heavy (non-hydrogen) atoms. The fourth-order valence-corrected chi connectivity index (χ4v) is 3.22. The highest BCUT2D eigenvalue weighted by molar-refractivity contribution is 5.52. The first-order chi connectivity index (χ1) is 11.8. The van der Waals surface area contributed by atoms with Crippen LogP contribution in [0.15, 0.2) is 48.7 Å². The van der Waals surface area contributed by atoms with Crippen LogP contribution < -0.4 is 5.32 Å². The third-order valence-electron chi connectivity index (χ3n) is 4.57. The van der Waals surface area contributed by atoms with Crippen LogP contribution in [0.25, 0.3) is 0 Å². The number of piperidine rings is 1. The number of aliphatic hydroxyl groups excluding tert-OH is 1. The van der Waals surface area contributed by atoms with E-state index in [1.165, 1.54) is 5.56 Å². The third kappa shape index (κ3) is 3.91. The number of likely N-dealkylation sites (tertiary alicyclic amines) is 1. The summed E-state index contributed by atoms with van der Waals surface area (Å²) >= 11 is 0. The van der Waals surface area contributed by atoms with Gasteiger partial charge in [-0.05, 0) is 30.7 Å². The molecular weight excluding hydrogens is 300 g/mol. The maximum Gasteiger partial charge on any atom is 0.144 e. The zero-order valence-corrected chi connectivity index (χ0v) is 13.6. The number of aromatic nitrogens is 1. The number of benzene rings is 1. The maximum absolute atomic E-state index is 9.70. The van der Waals surface area contributed by atoms with Crippen molar-refractivity contribution in [3.63, 3.8) is 0 Å². The lowest BCUT2D eigenvalue weighted by atomic mass is 9.91. The van der Waals surface area contributed by atoms with E-state index < -0.39 is 0 Å².